The highest BCUT2D eigenvalue weighted by Gasteiger charge is 2.20. The van der Waals surface area contributed by atoms with Crippen molar-refractivity contribution in [2.75, 3.05) is 13.7 Å². The number of hydrogen-bond donors (Lipinski definition) is 1. The first-order valence-corrected chi connectivity index (χ1v) is 5.84. The quantitative estimate of drug-likeness (QED) is 0.875. The van der Waals surface area contributed by atoms with Crippen LogP contribution in [-0.4, -0.2) is 33.5 Å². The third-order valence-corrected chi connectivity index (χ3v) is 2.79. The molecule has 0 spiro atoms. The summed E-state index contributed by atoms with van der Waals surface area (Å²) in [5.74, 6) is 0.513. The highest BCUT2D eigenvalue weighted by Crippen LogP contribution is 2.24. The van der Waals surface area contributed by atoms with Gasteiger partial charge in [-0.25, -0.2) is 9.97 Å². The summed E-state index contributed by atoms with van der Waals surface area (Å²) in [6, 6.07) is 1.23. The van der Waals surface area contributed by atoms with Crippen LogP contribution in [0, 0.1) is 0 Å². The summed E-state index contributed by atoms with van der Waals surface area (Å²) in [6.07, 6.45) is 4.85. The van der Waals surface area contributed by atoms with Crippen LogP contribution in [0.25, 0.3) is 0 Å². The lowest BCUT2D eigenvalue weighted by Gasteiger charge is -2.13. The van der Waals surface area contributed by atoms with Gasteiger partial charge in [-0.05, 0) is 6.07 Å². The zero-order chi connectivity index (χ0) is 13.0. The molecule has 96 valence electrons. The number of rotatable bonds is 5. The smallest absolute Gasteiger partial charge is 0.151 e. The van der Waals surface area contributed by atoms with E-state index in [1.807, 2.05) is 0 Å². The maximum Gasteiger partial charge on any atom is 0.151 e. The van der Waals surface area contributed by atoms with Crippen molar-refractivity contribution in [1.29, 1.82) is 0 Å². The maximum absolute atomic E-state index is 6.12. The van der Waals surface area contributed by atoms with E-state index in [0.717, 1.165) is 0 Å². The van der Waals surface area contributed by atoms with Crippen LogP contribution < -0.4 is 5.73 Å². The van der Waals surface area contributed by atoms with Crippen molar-refractivity contribution in [1.82, 2.24) is 19.7 Å². The van der Waals surface area contributed by atoms with Crippen LogP contribution in [0.5, 0.6) is 0 Å². The summed E-state index contributed by atoms with van der Waals surface area (Å²) in [5.41, 5.74) is 6.82. The molecule has 0 aromatic carbocycles. The van der Waals surface area contributed by atoms with Gasteiger partial charge in [0, 0.05) is 19.5 Å². The number of methoxy groups -OCH3 is 1. The lowest BCUT2D eigenvalue weighted by atomic mass is 10.2. The molecule has 2 rings (SSSR count). The Morgan fingerprint density at radius 1 is 1.44 bits per heavy atom. The van der Waals surface area contributed by atoms with Crippen molar-refractivity contribution in [3.05, 3.63) is 41.2 Å². The van der Waals surface area contributed by atoms with Crippen LogP contribution in [0.4, 0.5) is 0 Å². The average Bonchev–Trinajstić information content (AvgIpc) is 2.77. The molecule has 2 heterocycles. The average molecular weight is 268 g/mol. The fourth-order valence-corrected chi connectivity index (χ4v) is 1.89. The van der Waals surface area contributed by atoms with Crippen LogP contribution >= 0.6 is 11.6 Å². The molecule has 0 aliphatic heterocycles. The van der Waals surface area contributed by atoms with Crippen LogP contribution in [0.3, 0.4) is 0 Å². The highest BCUT2D eigenvalue weighted by molar-refractivity contribution is 6.31. The van der Waals surface area contributed by atoms with Gasteiger partial charge >= 0.3 is 0 Å². The topological polar surface area (TPSA) is 78.9 Å². The fourth-order valence-electron chi connectivity index (χ4n) is 1.63. The lowest BCUT2D eigenvalue weighted by Crippen LogP contribution is -2.21. The molecule has 18 heavy (non-hydrogen) atoms. The van der Waals surface area contributed by atoms with Gasteiger partial charge in [-0.2, -0.15) is 5.10 Å². The Hall–Kier alpha value is -1.50. The zero-order valence-electron chi connectivity index (χ0n) is 9.95. The first-order chi connectivity index (χ1) is 8.74. The van der Waals surface area contributed by atoms with E-state index in [1.165, 1.54) is 0 Å². The van der Waals surface area contributed by atoms with Gasteiger partial charge in [-0.3, -0.25) is 4.68 Å². The molecule has 7 heteroatoms. The molecule has 0 amide bonds. The van der Waals surface area contributed by atoms with Crippen molar-refractivity contribution < 1.29 is 4.74 Å². The predicted octanol–water partition coefficient (Wildman–Crippen LogP) is 1.02. The molecular weight excluding hydrogens is 254 g/mol. The minimum atomic E-state index is -0.502. The minimum absolute atomic E-state index is 0.502. The molecule has 0 saturated carbocycles. The summed E-state index contributed by atoms with van der Waals surface area (Å²) in [5, 5.41) is 4.67. The molecule has 0 fully saturated rings. The Kier molecular flexibility index (Phi) is 4.24. The van der Waals surface area contributed by atoms with Crippen molar-refractivity contribution in [3.8, 4) is 0 Å². The SMILES string of the molecule is COCCn1ncc(Cl)c1C(N)c1ncccn1. The van der Waals surface area contributed by atoms with Crippen molar-refractivity contribution in [3.63, 3.8) is 0 Å². The van der Waals surface area contributed by atoms with Crippen molar-refractivity contribution >= 4 is 11.6 Å². The number of ether oxygens (including phenoxy) is 1. The van der Waals surface area contributed by atoms with Crippen LogP contribution in [0.1, 0.15) is 17.6 Å². The summed E-state index contributed by atoms with van der Waals surface area (Å²) < 4.78 is 6.73. The Bertz CT molecular complexity index is 501. The van der Waals surface area contributed by atoms with E-state index in [-0.39, 0.29) is 0 Å². The molecule has 2 aromatic rings. The van der Waals surface area contributed by atoms with Crippen molar-refractivity contribution in [2.45, 2.75) is 12.6 Å². The van der Waals surface area contributed by atoms with Gasteiger partial charge in [-0.1, -0.05) is 11.6 Å². The van der Waals surface area contributed by atoms with E-state index in [2.05, 4.69) is 15.1 Å². The normalized spacial score (nSPS) is 12.6. The zero-order valence-corrected chi connectivity index (χ0v) is 10.7. The Labute approximate surface area is 110 Å². The van der Waals surface area contributed by atoms with E-state index in [1.54, 1.807) is 36.4 Å². The van der Waals surface area contributed by atoms with Gasteiger partial charge < -0.3 is 10.5 Å². The van der Waals surface area contributed by atoms with Crippen molar-refractivity contribution in [2.24, 2.45) is 5.73 Å². The molecule has 1 atom stereocenters. The molecule has 2 N–H and O–H groups in total. The van der Waals surface area contributed by atoms with E-state index in [4.69, 9.17) is 22.1 Å². The van der Waals surface area contributed by atoms with Gasteiger partial charge in [0.2, 0.25) is 0 Å². The standard InChI is InChI=1S/C11H14ClN5O/c1-18-6-5-17-10(8(12)7-16-17)9(13)11-14-3-2-4-15-11/h2-4,7,9H,5-6,13H2,1H3. The second kappa shape index (κ2) is 5.90. The minimum Gasteiger partial charge on any atom is -0.383 e. The van der Waals surface area contributed by atoms with Gasteiger partial charge in [0.1, 0.15) is 6.04 Å². The van der Waals surface area contributed by atoms with Crippen LogP contribution in [0.2, 0.25) is 5.02 Å². The van der Waals surface area contributed by atoms with E-state index >= 15 is 0 Å². The monoisotopic (exact) mass is 267 g/mol. The highest BCUT2D eigenvalue weighted by atomic mass is 35.5. The third-order valence-electron chi connectivity index (χ3n) is 2.50. The summed E-state index contributed by atoms with van der Waals surface area (Å²) in [7, 11) is 1.63. The summed E-state index contributed by atoms with van der Waals surface area (Å²) in [6.45, 7) is 1.12. The molecule has 6 nitrogen and oxygen atoms in total. The second-order valence-corrected chi connectivity index (χ2v) is 4.09. The molecule has 0 radical (unpaired) electrons. The number of hydrogen-bond acceptors (Lipinski definition) is 5. The number of aromatic nitrogens is 4. The van der Waals surface area contributed by atoms with E-state index in [9.17, 15) is 0 Å². The number of halogens is 1. The second-order valence-electron chi connectivity index (χ2n) is 3.68. The summed E-state index contributed by atoms with van der Waals surface area (Å²) in [4.78, 5) is 8.26. The number of nitrogens with two attached hydrogens (primary N) is 1. The lowest BCUT2D eigenvalue weighted by molar-refractivity contribution is 0.182. The molecule has 0 aliphatic rings. The Morgan fingerprint density at radius 2 is 2.17 bits per heavy atom. The van der Waals surface area contributed by atoms with Gasteiger partial charge in [0.25, 0.3) is 0 Å². The fraction of sp³-hybridized carbons (Fsp3) is 0.364. The van der Waals surface area contributed by atoms with Gasteiger partial charge in [-0.15, -0.1) is 0 Å². The summed E-state index contributed by atoms with van der Waals surface area (Å²) >= 11 is 6.11. The van der Waals surface area contributed by atoms with Crippen LogP contribution in [0.15, 0.2) is 24.7 Å². The molecular formula is C11H14ClN5O. The Morgan fingerprint density at radius 3 is 2.83 bits per heavy atom. The molecule has 0 bridgehead atoms. The largest absolute Gasteiger partial charge is 0.383 e. The van der Waals surface area contributed by atoms with E-state index < -0.39 is 6.04 Å². The Balaban J connectivity index is 2.29. The first-order valence-electron chi connectivity index (χ1n) is 5.46. The van der Waals surface area contributed by atoms with Gasteiger partial charge in [0.05, 0.1) is 30.1 Å². The predicted molar refractivity (Wildman–Crippen MR) is 67.2 cm³/mol. The molecule has 0 saturated heterocycles. The maximum atomic E-state index is 6.12. The van der Waals surface area contributed by atoms with Crippen LogP contribution in [-0.2, 0) is 11.3 Å². The molecule has 0 aliphatic carbocycles. The van der Waals surface area contributed by atoms with Gasteiger partial charge in [0.15, 0.2) is 5.82 Å². The molecule has 1 unspecified atom stereocenters. The van der Waals surface area contributed by atoms with E-state index in [0.29, 0.717) is 29.7 Å². The third kappa shape index (κ3) is 2.66. The number of nitrogens with zero attached hydrogens (tertiary/aromatic N) is 4. The molecule has 2 aromatic heterocycles. The first kappa shape index (κ1) is 12.9.